The van der Waals surface area contributed by atoms with Crippen LogP contribution >= 0.6 is 12.6 Å². The molecule has 0 aromatic carbocycles. The molecule has 2 rings (SSSR count). The molecule has 2 atom stereocenters. The molecule has 0 aromatic rings. The molecule has 2 unspecified atom stereocenters. The number of hydrogen-bond donors (Lipinski definition) is 2. The summed E-state index contributed by atoms with van der Waals surface area (Å²) in [6.07, 6.45) is 4.61. The predicted octanol–water partition coefficient (Wildman–Crippen LogP) is -0.0418. The van der Waals surface area contributed by atoms with Crippen LogP contribution in [0.15, 0.2) is 23.9 Å². The van der Waals surface area contributed by atoms with Crippen LogP contribution in [-0.2, 0) is 9.53 Å². The lowest BCUT2D eigenvalue weighted by molar-refractivity contribution is -0.139. The number of carbonyl (C=O) groups is 1. The molecule has 1 amide bonds. The quantitative estimate of drug-likeness (QED) is 0.618. The van der Waals surface area contributed by atoms with Gasteiger partial charge in [0.1, 0.15) is 6.61 Å². The number of allylic oxidation sites excluding steroid dienone is 1. The molecular formula is C10H13NO3S. The maximum absolute atomic E-state index is 11.5. The predicted molar refractivity (Wildman–Crippen MR) is 58.5 cm³/mol. The molecule has 0 bridgehead atoms. The Morgan fingerprint density at radius 2 is 2.40 bits per heavy atom. The van der Waals surface area contributed by atoms with E-state index in [4.69, 9.17) is 4.74 Å². The van der Waals surface area contributed by atoms with E-state index in [1.165, 1.54) is 0 Å². The average molecular weight is 227 g/mol. The first-order chi connectivity index (χ1) is 7.18. The van der Waals surface area contributed by atoms with Gasteiger partial charge in [0.15, 0.2) is 0 Å². The number of nitrogens with zero attached hydrogens (tertiary/aromatic N) is 1. The third-order valence-corrected chi connectivity index (χ3v) is 2.91. The Balaban J connectivity index is 2.13. The molecule has 1 aliphatic heterocycles. The number of aliphatic hydroxyl groups excluding tert-OH is 1. The van der Waals surface area contributed by atoms with Gasteiger partial charge in [-0.25, -0.2) is 0 Å². The molecule has 1 fully saturated rings. The maximum atomic E-state index is 11.5. The molecule has 2 aliphatic rings. The molecule has 0 saturated carbocycles. The smallest absolute Gasteiger partial charge is 0.253 e. The topological polar surface area (TPSA) is 49.8 Å². The second-order valence-electron chi connectivity index (χ2n) is 3.53. The molecule has 82 valence electrons. The number of thiol groups is 1. The van der Waals surface area contributed by atoms with Gasteiger partial charge in [-0.05, 0) is 12.2 Å². The Morgan fingerprint density at radius 3 is 3.07 bits per heavy atom. The van der Waals surface area contributed by atoms with E-state index in [1.807, 2.05) is 0 Å². The van der Waals surface area contributed by atoms with Crippen LogP contribution in [-0.4, -0.2) is 47.0 Å². The zero-order chi connectivity index (χ0) is 10.8. The van der Waals surface area contributed by atoms with E-state index in [9.17, 15) is 9.90 Å². The van der Waals surface area contributed by atoms with Gasteiger partial charge in [0.25, 0.3) is 5.91 Å². The molecule has 5 heteroatoms. The zero-order valence-electron chi connectivity index (χ0n) is 8.17. The number of carbonyl (C=O) groups excluding carboxylic acids is 1. The summed E-state index contributed by atoms with van der Waals surface area (Å²) < 4.78 is 5.04. The summed E-state index contributed by atoms with van der Waals surface area (Å²) in [5.41, 5.74) is 0.800. The Morgan fingerprint density at radius 1 is 1.60 bits per heavy atom. The number of hydrogen-bond acceptors (Lipinski definition) is 4. The van der Waals surface area contributed by atoms with Gasteiger partial charge in [0, 0.05) is 12.2 Å². The molecule has 1 N–H and O–H groups in total. The van der Waals surface area contributed by atoms with Crippen molar-refractivity contribution in [2.45, 2.75) is 11.4 Å². The van der Waals surface area contributed by atoms with E-state index in [0.29, 0.717) is 13.2 Å². The van der Waals surface area contributed by atoms with Gasteiger partial charge >= 0.3 is 0 Å². The standard InChI is InChI=1S/C10H13NO3S/c12-8-2-1-7(5-9(8)15)11-3-4-14-6-10(11)13/h1-2,5,8-9,12,15H,3-4,6H2. The van der Waals surface area contributed by atoms with Gasteiger partial charge in [-0.2, -0.15) is 12.6 Å². The third-order valence-electron chi connectivity index (χ3n) is 2.45. The van der Waals surface area contributed by atoms with Crippen molar-refractivity contribution in [2.75, 3.05) is 19.8 Å². The van der Waals surface area contributed by atoms with E-state index in [2.05, 4.69) is 12.6 Å². The Bertz CT molecular complexity index is 327. The third kappa shape index (κ3) is 2.25. The minimum Gasteiger partial charge on any atom is -0.388 e. The fourth-order valence-corrected chi connectivity index (χ4v) is 1.86. The highest BCUT2D eigenvalue weighted by molar-refractivity contribution is 7.81. The van der Waals surface area contributed by atoms with Crippen molar-refractivity contribution in [1.82, 2.24) is 4.90 Å². The molecular weight excluding hydrogens is 214 g/mol. The van der Waals surface area contributed by atoms with Crippen molar-refractivity contribution in [1.29, 1.82) is 0 Å². The summed E-state index contributed by atoms with van der Waals surface area (Å²) in [5, 5.41) is 9.17. The van der Waals surface area contributed by atoms with Crippen molar-refractivity contribution in [3.63, 3.8) is 0 Å². The van der Waals surface area contributed by atoms with Crippen molar-refractivity contribution in [2.24, 2.45) is 0 Å². The summed E-state index contributed by atoms with van der Waals surface area (Å²) in [4.78, 5) is 13.2. The lowest BCUT2D eigenvalue weighted by Crippen LogP contribution is -2.41. The van der Waals surface area contributed by atoms with E-state index in [-0.39, 0.29) is 17.8 Å². The van der Waals surface area contributed by atoms with Crippen molar-refractivity contribution < 1.29 is 14.6 Å². The van der Waals surface area contributed by atoms with Crippen LogP contribution in [0.2, 0.25) is 0 Å². The van der Waals surface area contributed by atoms with Gasteiger partial charge in [-0.1, -0.05) is 6.08 Å². The highest BCUT2D eigenvalue weighted by Crippen LogP contribution is 2.20. The molecule has 1 aliphatic carbocycles. The maximum Gasteiger partial charge on any atom is 0.253 e. The second kappa shape index (κ2) is 4.38. The monoisotopic (exact) mass is 227 g/mol. The van der Waals surface area contributed by atoms with Crippen LogP contribution in [0.4, 0.5) is 0 Å². The lowest BCUT2D eigenvalue weighted by atomic mass is 10.1. The van der Waals surface area contributed by atoms with Crippen LogP contribution in [0.5, 0.6) is 0 Å². The summed E-state index contributed by atoms with van der Waals surface area (Å²) in [6.45, 7) is 1.24. The Kier molecular flexibility index (Phi) is 3.14. The Labute approximate surface area is 93.6 Å². The fraction of sp³-hybridized carbons (Fsp3) is 0.500. The highest BCUT2D eigenvalue weighted by atomic mass is 32.1. The minimum absolute atomic E-state index is 0.0472. The van der Waals surface area contributed by atoms with E-state index >= 15 is 0 Å². The van der Waals surface area contributed by atoms with Crippen molar-refractivity contribution in [3.8, 4) is 0 Å². The van der Waals surface area contributed by atoms with Gasteiger partial charge in [0.2, 0.25) is 0 Å². The van der Waals surface area contributed by atoms with Crippen molar-refractivity contribution >= 4 is 18.5 Å². The van der Waals surface area contributed by atoms with Gasteiger partial charge in [-0.3, -0.25) is 4.79 Å². The van der Waals surface area contributed by atoms with Crippen LogP contribution in [0, 0.1) is 0 Å². The normalized spacial score (nSPS) is 31.7. The van der Waals surface area contributed by atoms with Crippen LogP contribution < -0.4 is 0 Å². The fourth-order valence-electron chi connectivity index (χ4n) is 1.61. The summed E-state index contributed by atoms with van der Waals surface area (Å²) >= 11 is 4.22. The van der Waals surface area contributed by atoms with E-state index in [1.54, 1.807) is 23.1 Å². The molecule has 15 heavy (non-hydrogen) atoms. The van der Waals surface area contributed by atoms with Crippen molar-refractivity contribution in [3.05, 3.63) is 23.9 Å². The van der Waals surface area contributed by atoms with Gasteiger partial charge in [0.05, 0.1) is 18.0 Å². The molecule has 4 nitrogen and oxygen atoms in total. The van der Waals surface area contributed by atoms with Gasteiger partial charge in [-0.15, -0.1) is 0 Å². The first kappa shape index (κ1) is 10.7. The molecule has 0 radical (unpaired) electrons. The molecule has 1 heterocycles. The zero-order valence-corrected chi connectivity index (χ0v) is 9.06. The number of aliphatic hydroxyl groups is 1. The van der Waals surface area contributed by atoms with Crippen LogP contribution in [0.25, 0.3) is 0 Å². The number of amides is 1. The van der Waals surface area contributed by atoms with Crippen LogP contribution in [0.3, 0.4) is 0 Å². The summed E-state index contributed by atoms with van der Waals surface area (Å²) in [6, 6.07) is 0. The number of morpholine rings is 1. The molecule has 0 spiro atoms. The Hall–Kier alpha value is -0.780. The highest BCUT2D eigenvalue weighted by Gasteiger charge is 2.24. The summed E-state index contributed by atoms with van der Waals surface area (Å²) in [7, 11) is 0. The SMILES string of the molecule is O=C1COCCN1C1=CC(S)C(O)C=C1. The lowest BCUT2D eigenvalue weighted by Gasteiger charge is -2.30. The van der Waals surface area contributed by atoms with Gasteiger partial charge < -0.3 is 14.7 Å². The number of rotatable bonds is 1. The second-order valence-corrected chi connectivity index (χ2v) is 4.13. The van der Waals surface area contributed by atoms with Crippen LogP contribution in [0.1, 0.15) is 0 Å². The molecule has 0 aromatic heterocycles. The summed E-state index contributed by atoms with van der Waals surface area (Å²) in [5.74, 6) is -0.0472. The first-order valence-corrected chi connectivity index (χ1v) is 5.34. The first-order valence-electron chi connectivity index (χ1n) is 4.83. The largest absolute Gasteiger partial charge is 0.388 e. The van der Waals surface area contributed by atoms with E-state index in [0.717, 1.165) is 5.70 Å². The average Bonchev–Trinajstić information content (AvgIpc) is 2.23. The van der Waals surface area contributed by atoms with E-state index < -0.39 is 6.10 Å². The minimum atomic E-state index is -0.576. The molecule has 1 saturated heterocycles. The number of ether oxygens (including phenoxy) is 1.